The Morgan fingerprint density at radius 2 is 1.42 bits per heavy atom. The highest BCUT2D eigenvalue weighted by molar-refractivity contribution is 6.71. The fourth-order valence-electron chi connectivity index (χ4n) is 2.79. The first kappa shape index (κ1) is 19.2. The smallest absolute Gasteiger partial charge is 0.187 e. The Kier molecular flexibility index (Phi) is 11.0. The number of rotatable bonds is 12. The minimum absolute atomic E-state index is 0.404. The predicted octanol–water partition coefficient (Wildman–Crippen LogP) is 6.39. The zero-order valence-corrected chi connectivity index (χ0v) is 15.4. The van der Waals surface area contributed by atoms with Crippen molar-refractivity contribution in [2.45, 2.75) is 104 Å². The Morgan fingerprint density at radius 1 is 0.842 bits per heavy atom. The van der Waals surface area contributed by atoms with Crippen LogP contribution >= 0.6 is 0 Å². The minimum Gasteiger partial charge on any atom is -0.415 e. The highest BCUT2D eigenvalue weighted by Gasteiger charge is 2.22. The van der Waals surface area contributed by atoms with E-state index in [0.717, 1.165) is 5.92 Å². The first-order chi connectivity index (χ1) is 8.87. The van der Waals surface area contributed by atoms with Crippen LogP contribution in [0, 0.1) is 5.92 Å². The molecule has 0 bridgehead atoms. The molecule has 1 nitrogen and oxygen atoms in total. The van der Waals surface area contributed by atoms with Crippen LogP contribution in [0.1, 0.15) is 79.1 Å². The maximum absolute atomic E-state index is 6.07. The summed E-state index contributed by atoms with van der Waals surface area (Å²) in [6.07, 6.45) is 11.6. The van der Waals surface area contributed by atoms with Gasteiger partial charge in [-0.05, 0) is 38.9 Å². The van der Waals surface area contributed by atoms with Gasteiger partial charge >= 0.3 is 0 Å². The molecule has 0 rings (SSSR count). The summed E-state index contributed by atoms with van der Waals surface area (Å²) in [6, 6.07) is 1.33. The average molecular weight is 287 g/mol. The molecule has 0 heterocycles. The van der Waals surface area contributed by atoms with Crippen molar-refractivity contribution in [3.05, 3.63) is 0 Å². The Balaban J connectivity index is 3.44. The normalized spacial score (nSPS) is 14.1. The maximum atomic E-state index is 6.07. The quantitative estimate of drug-likeness (QED) is 0.298. The van der Waals surface area contributed by atoms with E-state index < -0.39 is 8.32 Å². The molecule has 0 aliphatic carbocycles. The molecule has 0 radical (unpaired) electrons. The highest BCUT2D eigenvalue weighted by Crippen LogP contribution is 2.20. The van der Waals surface area contributed by atoms with Gasteiger partial charge in [-0.15, -0.1) is 0 Å². The second-order valence-corrected chi connectivity index (χ2v) is 11.4. The monoisotopic (exact) mass is 286 g/mol. The van der Waals surface area contributed by atoms with E-state index in [0.29, 0.717) is 6.10 Å². The van der Waals surface area contributed by atoms with E-state index in [2.05, 4.69) is 40.8 Å². The van der Waals surface area contributed by atoms with Crippen LogP contribution in [-0.2, 0) is 4.43 Å². The summed E-state index contributed by atoms with van der Waals surface area (Å²) in [4.78, 5) is 0. The first-order valence-corrected chi connectivity index (χ1v) is 11.7. The van der Waals surface area contributed by atoms with Crippen LogP contribution in [0.5, 0.6) is 0 Å². The van der Waals surface area contributed by atoms with E-state index in [-0.39, 0.29) is 0 Å². The average Bonchev–Trinajstić information content (AvgIpc) is 2.29. The molecule has 0 saturated carbocycles. The van der Waals surface area contributed by atoms with Gasteiger partial charge in [0.1, 0.15) is 0 Å². The third-order valence-electron chi connectivity index (χ3n) is 3.83. The van der Waals surface area contributed by atoms with Crippen LogP contribution in [0.25, 0.3) is 0 Å². The molecule has 0 aliphatic rings. The van der Waals surface area contributed by atoms with Crippen molar-refractivity contribution in [1.29, 1.82) is 0 Å². The molecule has 2 heteroatoms. The van der Waals surface area contributed by atoms with Gasteiger partial charge in [-0.3, -0.25) is 0 Å². The lowest BCUT2D eigenvalue weighted by Gasteiger charge is -2.25. The van der Waals surface area contributed by atoms with Gasteiger partial charge < -0.3 is 4.43 Å². The molecule has 0 aliphatic heterocycles. The van der Waals surface area contributed by atoms with Gasteiger partial charge in [0.15, 0.2) is 8.32 Å². The molecule has 0 aromatic rings. The molecule has 0 aromatic heterocycles. The van der Waals surface area contributed by atoms with Crippen molar-refractivity contribution in [2.75, 3.05) is 0 Å². The van der Waals surface area contributed by atoms with Crippen LogP contribution in [-0.4, -0.2) is 14.4 Å². The summed E-state index contributed by atoms with van der Waals surface area (Å²) < 4.78 is 6.07. The van der Waals surface area contributed by atoms with Crippen LogP contribution in [0.4, 0.5) is 0 Å². The number of hydrogen-bond donors (Lipinski definition) is 0. The Morgan fingerprint density at radius 3 is 2.00 bits per heavy atom. The van der Waals surface area contributed by atoms with Gasteiger partial charge in [0.05, 0.1) is 0 Å². The summed E-state index contributed by atoms with van der Waals surface area (Å²) in [5.41, 5.74) is 0. The van der Waals surface area contributed by atoms with Gasteiger partial charge in [-0.2, -0.15) is 0 Å². The third kappa shape index (κ3) is 12.9. The molecular weight excluding hydrogens is 248 g/mol. The van der Waals surface area contributed by atoms with E-state index in [4.69, 9.17) is 4.43 Å². The second-order valence-electron chi connectivity index (χ2n) is 7.13. The predicted molar refractivity (Wildman–Crippen MR) is 90.3 cm³/mol. The highest BCUT2D eigenvalue weighted by atomic mass is 28.4. The summed E-state index contributed by atoms with van der Waals surface area (Å²) in [7, 11) is -1.37. The Labute approximate surface area is 123 Å². The van der Waals surface area contributed by atoms with Crippen LogP contribution < -0.4 is 0 Å². The zero-order valence-electron chi connectivity index (χ0n) is 14.4. The molecule has 19 heavy (non-hydrogen) atoms. The molecule has 1 unspecified atom stereocenters. The standard InChI is InChI=1S/C17H38OSi/c1-7-8-13-17(4)14-11-9-10-12-15-19(5,6)18-16(2)3/h16-17H,7-15H2,1-6H3. The number of hydrogen-bond acceptors (Lipinski definition) is 1. The molecule has 116 valence electrons. The maximum Gasteiger partial charge on any atom is 0.187 e. The molecule has 1 atom stereocenters. The largest absolute Gasteiger partial charge is 0.415 e. The van der Waals surface area contributed by atoms with Gasteiger partial charge in [-0.25, -0.2) is 0 Å². The third-order valence-corrected chi connectivity index (χ3v) is 6.50. The SMILES string of the molecule is CCCCC(C)CCCCCC[Si](C)(C)OC(C)C. The van der Waals surface area contributed by atoms with Crippen LogP contribution in [0.15, 0.2) is 0 Å². The molecule has 0 N–H and O–H groups in total. The lowest BCUT2D eigenvalue weighted by molar-refractivity contribution is 0.230. The molecule has 0 spiro atoms. The lowest BCUT2D eigenvalue weighted by Crippen LogP contribution is -2.33. The molecule has 0 aromatic carbocycles. The molecule has 0 fully saturated rings. The van der Waals surface area contributed by atoms with Crippen molar-refractivity contribution < 1.29 is 4.43 Å². The van der Waals surface area contributed by atoms with Crippen molar-refractivity contribution in [3.63, 3.8) is 0 Å². The van der Waals surface area contributed by atoms with Crippen molar-refractivity contribution in [1.82, 2.24) is 0 Å². The summed E-state index contributed by atoms with van der Waals surface area (Å²) in [6.45, 7) is 13.7. The summed E-state index contributed by atoms with van der Waals surface area (Å²) in [5.74, 6) is 0.940. The van der Waals surface area contributed by atoms with Crippen molar-refractivity contribution >= 4 is 8.32 Å². The van der Waals surface area contributed by atoms with E-state index in [1.54, 1.807) is 0 Å². The van der Waals surface area contributed by atoms with Crippen molar-refractivity contribution in [3.8, 4) is 0 Å². The fourth-order valence-corrected chi connectivity index (χ4v) is 5.29. The first-order valence-electron chi connectivity index (χ1n) is 8.55. The van der Waals surface area contributed by atoms with E-state index in [1.165, 1.54) is 57.4 Å². The van der Waals surface area contributed by atoms with E-state index >= 15 is 0 Å². The molecule has 0 amide bonds. The summed E-state index contributed by atoms with van der Waals surface area (Å²) >= 11 is 0. The van der Waals surface area contributed by atoms with Gasteiger partial charge in [0.25, 0.3) is 0 Å². The molecule has 0 saturated heterocycles. The Hall–Kier alpha value is 0.177. The Bertz CT molecular complexity index is 201. The van der Waals surface area contributed by atoms with Crippen LogP contribution in [0.2, 0.25) is 19.1 Å². The fraction of sp³-hybridized carbons (Fsp3) is 1.00. The molecular formula is C17H38OSi. The van der Waals surface area contributed by atoms with E-state index in [1.807, 2.05) is 0 Å². The number of unbranched alkanes of at least 4 members (excludes halogenated alkanes) is 4. The van der Waals surface area contributed by atoms with Gasteiger partial charge in [0, 0.05) is 6.10 Å². The van der Waals surface area contributed by atoms with Gasteiger partial charge in [-0.1, -0.05) is 65.2 Å². The zero-order chi connectivity index (χ0) is 14.7. The lowest BCUT2D eigenvalue weighted by atomic mass is 9.97. The minimum atomic E-state index is -1.37. The van der Waals surface area contributed by atoms with Gasteiger partial charge in [0.2, 0.25) is 0 Å². The second kappa shape index (κ2) is 10.9. The topological polar surface area (TPSA) is 9.23 Å². The van der Waals surface area contributed by atoms with Crippen LogP contribution in [0.3, 0.4) is 0 Å². The van der Waals surface area contributed by atoms with Crippen molar-refractivity contribution in [2.24, 2.45) is 5.92 Å². The summed E-state index contributed by atoms with van der Waals surface area (Å²) in [5, 5.41) is 0. The van der Waals surface area contributed by atoms with E-state index in [9.17, 15) is 0 Å².